The van der Waals surface area contributed by atoms with Gasteiger partial charge in [-0.3, -0.25) is 9.69 Å². The number of hydrogen-bond donors (Lipinski definition) is 0. The minimum atomic E-state index is -0.290. The van der Waals surface area contributed by atoms with E-state index in [2.05, 4.69) is 46.2 Å². The zero-order valence-corrected chi connectivity index (χ0v) is 16.5. The van der Waals surface area contributed by atoms with E-state index in [0.29, 0.717) is 5.91 Å². The van der Waals surface area contributed by atoms with E-state index in [-0.39, 0.29) is 5.41 Å². The van der Waals surface area contributed by atoms with Gasteiger partial charge < -0.3 is 9.64 Å². The second kappa shape index (κ2) is 8.19. The van der Waals surface area contributed by atoms with E-state index in [9.17, 15) is 4.79 Å². The predicted octanol–water partition coefficient (Wildman–Crippen LogP) is 3.58. The Kier molecular flexibility index (Phi) is 5.49. The number of carbonyl (C=O) groups is 1. The summed E-state index contributed by atoms with van der Waals surface area (Å²) in [5.41, 5.74) is 2.07. The minimum absolute atomic E-state index is 0.290. The van der Waals surface area contributed by atoms with Gasteiger partial charge in [0.15, 0.2) is 0 Å². The Hall–Kier alpha value is -2.59. The van der Waals surface area contributed by atoms with Crippen LogP contribution in [-0.2, 0) is 10.2 Å². The van der Waals surface area contributed by atoms with Gasteiger partial charge in [-0.15, -0.1) is 0 Å². The van der Waals surface area contributed by atoms with E-state index in [1.807, 2.05) is 30.3 Å². The molecule has 2 fully saturated rings. The van der Waals surface area contributed by atoms with E-state index in [1.165, 1.54) is 5.56 Å². The van der Waals surface area contributed by atoms with Gasteiger partial charge in [-0.25, -0.2) is 0 Å². The Balaban J connectivity index is 1.31. The second-order valence-electron chi connectivity index (χ2n) is 7.72. The van der Waals surface area contributed by atoms with Gasteiger partial charge >= 0.3 is 0 Å². The third-order valence-corrected chi connectivity index (χ3v) is 5.93. The molecule has 0 N–H and O–H groups in total. The quantitative estimate of drug-likeness (QED) is 0.772. The molecule has 1 aliphatic carbocycles. The van der Waals surface area contributed by atoms with Gasteiger partial charge in [-0.05, 0) is 36.1 Å². The van der Waals surface area contributed by atoms with Gasteiger partial charge in [0.05, 0.1) is 12.5 Å². The summed E-state index contributed by atoms with van der Waals surface area (Å²) < 4.78 is 5.24. The smallest absolute Gasteiger partial charge is 0.233 e. The van der Waals surface area contributed by atoms with Crippen molar-refractivity contribution in [1.29, 1.82) is 0 Å². The third-order valence-electron chi connectivity index (χ3n) is 5.93. The van der Waals surface area contributed by atoms with E-state index in [0.717, 1.165) is 56.9 Å². The molecule has 1 amide bonds. The van der Waals surface area contributed by atoms with Crippen LogP contribution in [0.1, 0.15) is 24.0 Å². The van der Waals surface area contributed by atoms with E-state index in [1.54, 1.807) is 7.11 Å². The van der Waals surface area contributed by atoms with Crippen LogP contribution in [0.4, 0.5) is 0 Å². The average molecular weight is 377 g/mol. The first-order chi connectivity index (χ1) is 13.7. The number of benzene rings is 2. The Labute approximate surface area is 167 Å². The maximum absolute atomic E-state index is 13.2. The number of hydrogen-bond acceptors (Lipinski definition) is 3. The molecule has 4 heteroatoms. The Morgan fingerprint density at radius 1 is 1.00 bits per heavy atom. The number of amides is 1. The highest BCUT2D eigenvalue weighted by atomic mass is 16.5. The summed E-state index contributed by atoms with van der Waals surface area (Å²) in [6, 6.07) is 18.4. The molecule has 2 aromatic carbocycles. The lowest BCUT2D eigenvalue weighted by Gasteiger charge is -2.36. The molecule has 1 saturated carbocycles. The van der Waals surface area contributed by atoms with E-state index < -0.39 is 0 Å². The van der Waals surface area contributed by atoms with Crippen LogP contribution in [0.5, 0.6) is 5.75 Å². The fourth-order valence-electron chi connectivity index (χ4n) is 4.00. The molecule has 146 valence electrons. The highest BCUT2D eigenvalue weighted by Gasteiger charge is 2.53. The normalized spacial score (nSPS) is 19.0. The van der Waals surface area contributed by atoms with Crippen molar-refractivity contribution in [3.63, 3.8) is 0 Å². The first-order valence-electron chi connectivity index (χ1n) is 10.1. The Morgan fingerprint density at radius 2 is 1.68 bits per heavy atom. The van der Waals surface area contributed by atoms with Crippen molar-refractivity contribution < 1.29 is 9.53 Å². The van der Waals surface area contributed by atoms with Crippen molar-refractivity contribution in [1.82, 2.24) is 9.80 Å². The van der Waals surface area contributed by atoms with Gasteiger partial charge in [0.25, 0.3) is 0 Å². The molecule has 1 saturated heterocycles. The van der Waals surface area contributed by atoms with Crippen LogP contribution in [0.25, 0.3) is 6.08 Å². The molecule has 2 aliphatic rings. The van der Waals surface area contributed by atoms with E-state index in [4.69, 9.17) is 4.74 Å². The van der Waals surface area contributed by atoms with Crippen LogP contribution in [0.2, 0.25) is 0 Å². The minimum Gasteiger partial charge on any atom is -0.497 e. The maximum Gasteiger partial charge on any atom is 0.233 e. The lowest BCUT2D eigenvalue weighted by atomic mass is 9.94. The molecule has 2 aromatic rings. The third kappa shape index (κ3) is 3.97. The zero-order valence-electron chi connectivity index (χ0n) is 16.5. The second-order valence-corrected chi connectivity index (χ2v) is 7.72. The van der Waals surface area contributed by atoms with Crippen molar-refractivity contribution in [3.05, 3.63) is 71.8 Å². The van der Waals surface area contributed by atoms with Gasteiger partial charge in [0, 0.05) is 32.7 Å². The zero-order chi connectivity index (χ0) is 19.4. The maximum atomic E-state index is 13.2. The summed E-state index contributed by atoms with van der Waals surface area (Å²) in [6.45, 7) is 4.43. The van der Waals surface area contributed by atoms with Crippen LogP contribution in [-0.4, -0.2) is 55.5 Å². The first-order valence-corrected chi connectivity index (χ1v) is 10.1. The standard InChI is InChI=1S/C24H28N2O2/c1-28-22-11-9-21(10-12-22)24(13-14-24)23(27)26-18-16-25(17-19-26)15-5-8-20-6-3-2-4-7-20/h2-12H,13-19H2,1H3/b8-5+. The van der Waals surface area contributed by atoms with E-state index >= 15 is 0 Å². The fraction of sp³-hybridized carbons (Fsp3) is 0.375. The SMILES string of the molecule is COc1ccc(C2(C(=O)N3CCN(C/C=C/c4ccccc4)CC3)CC2)cc1. The molecule has 0 unspecified atom stereocenters. The average Bonchev–Trinajstić information content (AvgIpc) is 3.57. The van der Waals surface area contributed by atoms with Crippen molar-refractivity contribution in [2.24, 2.45) is 0 Å². The first kappa shape index (κ1) is 18.8. The lowest BCUT2D eigenvalue weighted by molar-refractivity contribution is -0.135. The fourth-order valence-corrected chi connectivity index (χ4v) is 4.00. The van der Waals surface area contributed by atoms with Crippen LogP contribution in [0, 0.1) is 0 Å². The number of nitrogens with zero attached hydrogens (tertiary/aromatic N) is 2. The van der Waals surface area contributed by atoms with Crippen LogP contribution >= 0.6 is 0 Å². The topological polar surface area (TPSA) is 32.8 Å². The summed E-state index contributed by atoms with van der Waals surface area (Å²) >= 11 is 0. The monoisotopic (exact) mass is 376 g/mol. The molecule has 0 aromatic heterocycles. The van der Waals surface area contributed by atoms with Gasteiger partial charge in [-0.2, -0.15) is 0 Å². The molecule has 4 rings (SSSR count). The number of carbonyl (C=O) groups excluding carboxylic acids is 1. The van der Waals surface area contributed by atoms with Crippen molar-refractivity contribution >= 4 is 12.0 Å². The molecule has 0 radical (unpaired) electrons. The van der Waals surface area contributed by atoms with Crippen LogP contribution < -0.4 is 4.74 Å². The molecule has 0 bridgehead atoms. The molecular weight excluding hydrogens is 348 g/mol. The summed E-state index contributed by atoms with van der Waals surface area (Å²) in [7, 11) is 1.67. The Morgan fingerprint density at radius 3 is 2.29 bits per heavy atom. The van der Waals surface area contributed by atoms with Gasteiger partial charge in [-0.1, -0.05) is 54.6 Å². The van der Waals surface area contributed by atoms with Gasteiger partial charge in [0.2, 0.25) is 5.91 Å². The molecule has 28 heavy (non-hydrogen) atoms. The van der Waals surface area contributed by atoms with Crippen molar-refractivity contribution in [2.45, 2.75) is 18.3 Å². The summed E-state index contributed by atoms with van der Waals surface area (Å²) in [5.74, 6) is 1.14. The van der Waals surface area contributed by atoms with Crippen LogP contribution in [0.15, 0.2) is 60.7 Å². The Bertz CT molecular complexity index is 817. The summed E-state index contributed by atoms with van der Waals surface area (Å²) in [4.78, 5) is 17.7. The van der Waals surface area contributed by atoms with Crippen molar-refractivity contribution in [2.75, 3.05) is 39.8 Å². The summed E-state index contributed by atoms with van der Waals surface area (Å²) in [6.07, 6.45) is 6.29. The highest BCUT2D eigenvalue weighted by Crippen LogP contribution is 2.50. The lowest BCUT2D eigenvalue weighted by Crippen LogP contribution is -2.51. The molecule has 1 aliphatic heterocycles. The molecule has 1 heterocycles. The van der Waals surface area contributed by atoms with Crippen LogP contribution in [0.3, 0.4) is 0 Å². The number of methoxy groups -OCH3 is 1. The highest BCUT2D eigenvalue weighted by molar-refractivity contribution is 5.91. The predicted molar refractivity (Wildman–Crippen MR) is 112 cm³/mol. The number of rotatable bonds is 6. The molecular formula is C24H28N2O2. The number of ether oxygens (including phenoxy) is 1. The molecule has 0 atom stereocenters. The largest absolute Gasteiger partial charge is 0.497 e. The number of piperazine rings is 1. The van der Waals surface area contributed by atoms with Gasteiger partial charge in [0.1, 0.15) is 5.75 Å². The summed E-state index contributed by atoms with van der Waals surface area (Å²) in [5, 5.41) is 0. The molecule has 4 nitrogen and oxygen atoms in total. The van der Waals surface area contributed by atoms with Crippen molar-refractivity contribution in [3.8, 4) is 5.75 Å². The molecule has 0 spiro atoms.